The van der Waals surface area contributed by atoms with Crippen molar-refractivity contribution in [3.8, 4) is 10.6 Å². The van der Waals surface area contributed by atoms with E-state index in [4.69, 9.17) is 28.0 Å². The molecule has 118 valence electrons. The van der Waals surface area contributed by atoms with E-state index in [0.717, 1.165) is 10.6 Å². The zero-order chi connectivity index (χ0) is 16.4. The fourth-order valence-corrected chi connectivity index (χ4v) is 4.88. The highest BCUT2D eigenvalue weighted by Gasteiger charge is 2.14. The van der Waals surface area contributed by atoms with Gasteiger partial charge in [0.1, 0.15) is 5.01 Å². The topological polar surface area (TPSA) is 53.8 Å². The minimum Gasteiger partial charge on any atom is -0.249 e. The third-order valence-corrected chi connectivity index (χ3v) is 6.25. The number of thiazole rings is 1. The van der Waals surface area contributed by atoms with E-state index in [1.807, 2.05) is 11.4 Å². The fourth-order valence-electron chi connectivity index (χ4n) is 2.12. The Hall–Kier alpha value is -1.40. The average molecular weight is 383 g/mol. The predicted octanol–water partition coefficient (Wildman–Crippen LogP) is 5.72. The van der Waals surface area contributed by atoms with E-state index in [2.05, 4.69) is 4.98 Å². The molecule has 7 heteroatoms. The van der Waals surface area contributed by atoms with Gasteiger partial charge in [0.15, 0.2) is 0 Å². The quantitative estimate of drug-likeness (QED) is 0.626. The Bertz CT molecular complexity index is 917. The summed E-state index contributed by atoms with van der Waals surface area (Å²) in [4.78, 5) is 4.99. The van der Waals surface area contributed by atoms with Gasteiger partial charge in [0.05, 0.1) is 21.2 Å². The van der Waals surface area contributed by atoms with Gasteiger partial charge in [0, 0.05) is 25.9 Å². The van der Waals surface area contributed by atoms with Crippen molar-refractivity contribution in [3.05, 3.63) is 69.7 Å². The summed E-state index contributed by atoms with van der Waals surface area (Å²) in [6.07, 6.45) is 0. The van der Waals surface area contributed by atoms with E-state index in [0.29, 0.717) is 20.6 Å². The predicted molar refractivity (Wildman–Crippen MR) is 96.8 cm³/mol. The van der Waals surface area contributed by atoms with Gasteiger partial charge in [0.25, 0.3) is 0 Å². The van der Waals surface area contributed by atoms with Gasteiger partial charge < -0.3 is 0 Å². The van der Waals surface area contributed by atoms with Crippen LogP contribution in [0.1, 0.15) is 5.69 Å². The molecule has 0 fully saturated rings. The van der Waals surface area contributed by atoms with Crippen LogP contribution < -0.4 is 0 Å². The van der Waals surface area contributed by atoms with Crippen molar-refractivity contribution in [2.75, 3.05) is 0 Å². The Morgan fingerprint density at radius 3 is 2.39 bits per heavy atom. The molecule has 0 aliphatic rings. The molecular formula is C16H12Cl2N2OS2. The molecule has 23 heavy (non-hydrogen) atoms. The zero-order valence-electron chi connectivity index (χ0n) is 11.8. The largest absolute Gasteiger partial charge is 0.249 e. The lowest BCUT2D eigenvalue weighted by Crippen LogP contribution is -2.03. The summed E-state index contributed by atoms with van der Waals surface area (Å²) >= 11 is 13.4. The summed E-state index contributed by atoms with van der Waals surface area (Å²) in [5.74, 6) is 0.0851. The third kappa shape index (κ3) is 3.93. The second-order valence-electron chi connectivity index (χ2n) is 4.93. The van der Waals surface area contributed by atoms with Crippen LogP contribution in [0, 0.1) is 4.78 Å². The van der Waals surface area contributed by atoms with Gasteiger partial charge >= 0.3 is 0 Å². The van der Waals surface area contributed by atoms with Crippen LogP contribution in [0.15, 0.2) is 58.8 Å². The first-order chi connectivity index (χ1) is 10.9. The van der Waals surface area contributed by atoms with Crippen LogP contribution >= 0.6 is 34.5 Å². The van der Waals surface area contributed by atoms with Gasteiger partial charge in [-0.15, -0.1) is 11.3 Å². The van der Waals surface area contributed by atoms with Crippen LogP contribution in [0.4, 0.5) is 0 Å². The summed E-state index contributed by atoms with van der Waals surface area (Å²) in [6, 6.07) is 14.0. The normalized spacial score (nSPS) is 13.7. The standard InChI is InChI=1S/C16H12Cl2N2OS2/c17-12-6-11(7-13(18)8-12)16-20-14(9-22-16)10-23(19,21)15-4-2-1-3-5-15/h1-9,19H,10H2. The summed E-state index contributed by atoms with van der Waals surface area (Å²) in [5.41, 5.74) is 1.44. The molecule has 1 N–H and O–H groups in total. The number of nitrogens with one attached hydrogen (secondary N) is 1. The highest BCUT2D eigenvalue weighted by atomic mass is 35.5. The number of rotatable bonds is 4. The van der Waals surface area contributed by atoms with E-state index in [9.17, 15) is 4.21 Å². The van der Waals surface area contributed by atoms with Crippen molar-refractivity contribution in [3.63, 3.8) is 0 Å². The fraction of sp³-hybridized carbons (Fsp3) is 0.0625. The van der Waals surface area contributed by atoms with E-state index >= 15 is 0 Å². The minimum absolute atomic E-state index is 0.0851. The monoisotopic (exact) mass is 382 g/mol. The molecule has 3 nitrogen and oxygen atoms in total. The lowest BCUT2D eigenvalue weighted by Gasteiger charge is -2.05. The van der Waals surface area contributed by atoms with Crippen molar-refractivity contribution >= 4 is 44.3 Å². The minimum atomic E-state index is -2.91. The molecule has 0 aliphatic heterocycles. The Kier molecular flexibility index (Phi) is 4.73. The van der Waals surface area contributed by atoms with Gasteiger partial charge in [-0.1, -0.05) is 41.4 Å². The van der Waals surface area contributed by atoms with Crippen molar-refractivity contribution in [2.24, 2.45) is 0 Å². The third-order valence-electron chi connectivity index (χ3n) is 3.14. The Labute approximate surface area is 148 Å². The molecule has 0 bridgehead atoms. The van der Waals surface area contributed by atoms with E-state index in [1.165, 1.54) is 11.3 Å². The molecule has 0 radical (unpaired) electrons. The van der Waals surface area contributed by atoms with E-state index in [1.54, 1.807) is 42.5 Å². The molecule has 2 aromatic carbocycles. The molecule has 0 aliphatic carbocycles. The van der Waals surface area contributed by atoms with Crippen LogP contribution in [0.3, 0.4) is 0 Å². The van der Waals surface area contributed by atoms with Gasteiger partial charge in [-0.05, 0) is 30.3 Å². The maximum absolute atomic E-state index is 12.6. The molecule has 0 saturated carbocycles. The van der Waals surface area contributed by atoms with Gasteiger partial charge in [0.2, 0.25) is 0 Å². The molecule has 0 spiro atoms. The number of nitrogens with zero attached hydrogens (tertiary/aromatic N) is 1. The first-order valence-electron chi connectivity index (χ1n) is 6.66. The lowest BCUT2D eigenvalue weighted by molar-refractivity contribution is 0.673. The number of aromatic nitrogens is 1. The van der Waals surface area contributed by atoms with Crippen molar-refractivity contribution < 1.29 is 4.21 Å². The first kappa shape index (κ1) is 16.5. The second kappa shape index (κ2) is 6.61. The van der Waals surface area contributed by atoms with Crippen LogP contribution in [0.25, 0.3) is 10.6 Å². The average Bonchev–Trinajstić information content (AvgIpc) is 2.95. The first-order valence-corrected chi connectivity index (χ1v) is 10.0. The number of hydrogen-bond acceptors (Lipinski definition) is 4. The summed E-state index contributed by atoms with van der Waals surface area (Å²) in [5, 5.41) is 3.64. The molecule has 3 aromatic rings. The second-order valence-corrected chi connectivity index (χ2v) is 8.78. The molecule has 0 saturated heterocycles. The highest BCUT2D eigenvalue weighted by molar-refractivity contribution is 7.91. The zero-order valence-corrected chi connectivity index (χ0v) is 15.0. The number of benzene rings is 2. The lowest BCUT2D eigenvalue weighted by atomic mass is 10.2. The van der Waals surface area contributed by atoms with Crippen molar-refractivity contribution in [1.29, 1.82) is 4.78 Å². The van der Waals surface area contributed by atoms with Crippen LogP contribution in [-0.2, 0) is 15.5 Å². The van der Waals surface area contributed by atoms with Crippen molar-refractivity contribution in [2.45, 2.75) is 10.6 Å². The Morgan fingerprint density at radius 1 is 1.09 bits per heavy atom. The molecule has 1 atom stereocenters. The molecule has 0 amide bonds. The molecule has 1 unspecified atom stereocenters. The molecule has 3 rings (SSSR count). The van der Waals surface area contributed by atoms with E-state index < -0.39 is 9.73 Å². The maximum atomic E-state index is 12.6. The SMILES string of the molecule is N=S(=O)(Cc1csc(-c2cc(Cl)cc(Cl)c2)n1)c1ccccc1. The van der Waals surface area contributed by atoms with Crippen LogP contribution in [-0.4, -0.2) is 9.19 Å². The van der Waals surface area contributed by atoms with Gasteiger partial charge in [-0.3, -0.25) is 0 Å². The number of hydrogen-bond donors (Lipinski definition) is 1. The Morgan fingerprint density at radius 2 is 1.74 bits per heavy atom. The maximum Gasteiger partial charge on any atom is 0.123 e. The van der Waals surface area contributed by atoms with Crippen LogP contribution in [0.5, 0.6) is 0 Å². The summed E-state index contributed by atoms with van der Waals surface area (Å²) in [7, 11) is -2.91. The van der Waals surface area contributed by atoms with Gasteiger partial charge in [-0.2, -0.15) is 0 Å². The van der Waals surface area contributed by atoms with Crippen molar-refractivity contribution in [1.82, 2.24) is 4.98 Å². The molecule has 1 aromatic heterocycles. The summed E-state index contributed by atoms with van der Waals surface area (Å²) in [6.45, 7) is 0. The molecule has 1 heterocycles. The molecular weight excluding hydrogens is 371 g/mol. The summed E-state index contributed by atoms with van der Waals surface area (Å²) < 4.78 is 20.7. The highest BCUT2D eigenvalue weighted by Crippen LogP contribution is 2.30. The van der Waals surface area contributed by atoms with Gasteiger partial charge in [-0.25, -0.2) is 14.0 Å². The smallest absolute Gasteiger partial charge is 0.123 e. The van der Waals surface area contributed by atoms with Crippen LogP contribution in [0.2, 0.25) is 10.0 Å². The number of halogens is 2. The van der Waals surface area contributed by atoms with E-state index in [-0.39, 0.29) is 5.75 Å². The Balaban J connectivity index is 1.88.